The van der Waals surface area contributed by atoms with Crippen LogP contribution in [-0.2, 0) is 9.84 Å². The van der Waals surface area contributed by atoms with Crippen LogP contribution in [0.4, 0.5) is 5.88 Å². The third kappa shape index (κ3) is 4.04. The van der Waals surface area contributed by atoms with Crippen LogP contribution in [0.2, 0.25) is 5.02 Å². The van der Waals surface area contributed by atoms with Gasteiger partial charge in [-0.2, -0.15) is 4.98 Å². The summed E-state index contributed by atoms with van der Waals surface area (Å²) in [6, 6.07) is 13.3. The number of oxazole rings is 1. The van der Waals surface area contributed by atoms with Crippen LogP contribution in [0.5, 0.6) is 5.75 Å². The average Bonchev–Trinajstić information content (AvgIpc) is 3.21. The van der Waals surface area contributed by atoms with E-state index >= 15 is 0 Å². The monoisotopic (exact) mass is 446 g/mol. The molecule has 2 heterocycles. The van der Waals surface area contributed by atoms with Crippen molar-refractivity contribution in [2.45, 2.75) is 29.7 Å². The third-order valence-electron chi connectivity index (χ3n) is 5.35. The van der Waals surface area contributed by atoms with E-state index in [1.807, 2.05) is 23.1 Å². The first-order valence-electron chi connectivity index (χ1n) is 9.79. The molecule has 1 aliphatic heterocycles. The Morgan fingerprint density at radius 2 is 1.83 bits per heavy atom. The number of halogens is 1. The van der Waals surface area contributed by atoms with Gasteiger partial charge in [-0.3, -0.25) is 0 Å². The molecule has 158 valence electrons. The van der Waals surface area contributed by atoms with Crippen LogP contribution < -0.4 is 9.64 Å². The Hall–Kier alpha value is -2.51. The molecule has 0 saturated carbocycles. The fraction of sp³-hybridized carbons (Fsp3) is 0.318. The van der Waals surface area contributed by atoms with Gasteiger partial charge in [0.25, 0.3) is 0 Å². The molecule has 30 heavy (non-hydrogen) atoms. The number of hydrogen-bond donors (Lipinski definition) is 0. The number of nitrogens with zero attached hydrogens (tertiary/aromatic N) is 2. The summed E-state index contributed by atoms with van der Waals surface area (Å²) in [5.74, 6) is 1.77. The number of methoxy groups -OCH3 is 1. The van der Waals surface area contributed by atoms with Crippen LogP contribution in [0.3, 0.4) is 0 Å². The van der Waals surface area contributed by atoms with Crippen molar-refractivity contribution < 1.29 is 17.6 Å². The largest absolute Gasteiger partial charge is 0.497 e. The van der Waals surface area contributed by atoms with Crippen LogP contribution in [-0.4, -0.2) is 33.6 Å². The summed E-state index contributed by atoms with van der Waals surface area (Å²) in [5, 5.41) is 0.397. The van der Waals surface area contributed by atoms with Gasteiger partial charge in [-0.1, -0.05) is 24.6 Å². The molecule has 0 radical (unpaired) electrons. The SMILES string of the molecule is COc1cccc(-c2nc(S(=O)(=O)c3ccc(Cl)cc3)c(N3CCC(C)CC3)o2)c1. The molecule has 4 rings (SSSR count). The molecule has 1 aliphatic rings. The lowest BCUT2D eigenvalue weighted by molar-refractivity contribution is 0.413. The van der Waals surface area contributed by atoms with Gasteiger partial charge in [-0.25, -0.2) is 8.42 Å². The molecule has 0 N–H and O–H groups in total. The van der Waals surface area contributed by atoms with Crippen molar-refractivity contribution in [1.82, 2.24) is 4.98 Å². The molecule has 0 aliphatic carbocycles. The summed E-state index contributed by atoms with van der Waals surface area (Å²) in [6.45, 7) is 3.64. The first-order chi connectivity index (χ1) is 14.4. The molecule has 0 spiro atoms. The molecule has 6 nitrogen and oxygen atoms in total. The third-order valence-corrected chi connectivity index (χ3v) is 7.27. The van der Waals surface area contributed by atoms with E-state index in [0.29, 0.717) is 22.3 Å². The lowest BCUT2D eigenvalue weighted by Crippen LogP contribution is -2.33. The molecule has 1 aromatic heterocycles. The lowest BCUT2D eigenvalue weighted by atomic mass is 9.99. The summed E-state index contributed by atoms with van der Waals surface area (Å²) in [4.78, 5) is 6.54. The van der Waals surface area contributed by atoms with Crippen LogP contribution in [0.15, 0.2) is 62.9 Å². The first kappa shape index (κ1) is 20.8. The number of benzene rings is 2. The van der Waals surface area contributed by atoms with E-state index in [1.165, 1.54) is 12.1 Å². The van der Waals surface area contributed by atoms with Crippen molar-refractivity contribution in [3.63, 3.8) is 0 Å². The van der Waals surface area contributed by atoms with Gasteiger partial charge in [0.1, 0.15) is 5.75 Å². The molecule has 8 heteroatoms. The number of ether oxygens (including phenoxy) is 1. The van der Waals surface area contributed by atoms with Crippen molar-refractivity contribution >= 4 is 27.3 Å². The van der Waals surface area contributed by atoms with Gasteiger partial charge < -0.3 is 14.1 Å². The molecule has 3 aromatic rings. The number of aromatic nitrogens is 1. The molecule has 1 fully saturated rings. The van der Waals surface area contributed by atoms with Crippen molar-refractivity contribution in [3.8, 4) is 17.2 Å². The van der Waals surface area contributed by atoms with Crippen LogP contribution in [0.25, 0.3) is 11.5 Å². The van der Waals surface area contributed by atoms with Crippen molar-refractivity contribution in [2.75, 3.05) is 25.1 Å². The number of anilines is 1. The quantitative estimate of drug-likeness (QED) is 0.544. The molecule has 0 unspecified atom stereocenters. The van der Waals surface area contributed by atoms with Crippen LogP contribution in [0, 0.1) is 5.92 Å². The van der Waals surface area contributed by atoms with Gasteiger partial charge >= 0.3 is 0 Å². The van der Waals surface area contributed by atoms with Gasteiger partial charge in [0.2, 0.25) is 26.6 Å². The van der Waals surface area contributed by atoms with Gasteiger partial charge in [0, 0.05) is 23.7 Å². The highest BCUT2D eigenvalue weighted by molar-refractivity contribution is 7.91. The second kappa shape index (κ2) is 8.32. The molecule has 0 atom stereocenters. The average molecular weight is 447 g/mol. The maximum absolute atomic E-state index is 13.4. The summed E-state index contributed by atoms with van der Waals surface area (Å²) < 4.78 is 38.2. The Morgan fingerprint density at radius 3 is 2.50 bits per heavy atom. The highest BCUT2D eigenvalue weighted by Gasteiger charge is 2.32. The standard InChI is InChI=1S/C22H23ClN2O4S/c1-15-10-12-25(13-11-15)22-21(30(26,27)19-8-6-17(23)7-9-19)24-20(29-22)16-4-3-5-18(14-16)28-2/h3-9,14-15H,10-13H2,1-2H3. The summed E-state index contributed by atoms with van der Waals surface area (Å²) >= 11 is 5.94. The smallest absolute Gasteiger partial charge is 0.236 e. The van der Waals surface area contributed by atoms with Crippen molar-refractivity contribution in [3.05, 3.63) is 53.6 Å². The van der Waals surface area contributed by atoms with E-state index in [0.717, 1.165) is 25.9 Å². The van der Waals surface area contributed by atoms with Gasteiger partial charge in [-0.15, -0.1) is 0 Å². The van der Waals surface area contributed by atoms with Gasteiger partial charge in [0.05, 0.1) is 12.0 Å². The number of rotatable bonds is 5. The van der Waals surface area contributed by atoms with E-state index in [4.69, 9.17) is 20.8 Å². The maximum atomic E-state index is 13.4. The normalized spacial score (nSPS) is 15.4. The highest BCUT2D eigenvalue weighted by atomic mass is 35.5. The molecular formula is C22H23ClN2O4S. The summed E-state index contributed by atoms with van der Waals surface area (Å²) in [6.07, 6.45) is 1.94. The Kier molecular flexibility index (Phi) is 5.75. The number of hydrogen-bond acceptors (Lipinski definition) is 6. The summed E-state index contributed by atoms with van der Waals surface area (Å²) in [5.41, 5.74) is 0.651. The van der Waals surface area contributed by atoms with E-state index in [1.54, 1.807) is 25.3 Å². The molecular weight excluding hydrogens is 424 g/mol. The van der Waals surface area contributed by atoms with Crippen molar-refractivity contribution in [1.29, 1.82) is 0 Å². The Labute approximate surface area is 181 Å². The van der Waals surface area contributed by atoms with E-state index in [-0.39, 0.29) is 21.7 Å². The minimum atomic E-state index is -3.89. The zero-order valence-electron chi connectivity index (χ0n) is 16.8. The van der Waals surface area contributed by atoms with Crippen molar-refractivity contribution in [2.24, 2.45) is 5.92 Å². The Morgan fingerprint density at radius 1 is 1.13 bits per heavy atom. The van der Waals surface area contributed by atoms with Crippen LogP contribution in [0.1, 0.15) is 19.8 Å². The second-order valence-corrected chi connectivity index (χ2v) is 9.79. The zero-order chi connectivity index (χ0) is 21.3. The molecule has 1 saturated heterocycles. The minimum Gasteiger partial charge on any atom is -0.497 e. The fourth-order valence-electron chi connectivity index (χ4n) is 3.49. The molecule has 2 aromatic carbocycles. The Bertz CT molecular complexity index is 1130. The zero-order valence-corrected chi connectivity index (χ0v) is 18.4. The van der Waals surface area contributed by atoms with Gasteiger partial charge in [0.15, 0.2) is 0 Å². The predicted molar refractivity (Wildman–Crippen MR) is 116 cm³/mol. The first-order valence-corrected chi connectivity index (χ1v) is 11.7. The minimum absolute atomic E-state index is 0.0720. The predicted octanol–water partition coefficient (Wildman–Crippen LogP) is 5.07. The van der Waals surface area contributed by atoms with E-state index in [9.17, 15) is 8.42 Å². The topological polar surface area (TPSA) is 72.6 Å². The fourth-order valence-corrected chi connectivity index (χ4v) is 4.94. The van der Waals surface area contributed by atoms with E-state index < -0.39 is 9.84 Å². The summed E-state index contributed by atoms with van der Waals surface area (Å²) in [7, 11) is -2.31. The second-order valence-electron chi connectivity index (χ2n) is 7.49. The Balaban J connectivity index is 1.83. The molecule has 0 bridgehead atoms. The number of piperidine rings is 1. The number of sulfone groups is 1. The van der Waals surface area contributed by atoms with E-state index in [2.05, 4.69) is 11.9 Å². The van der Waals surface area contributed by atoms with Crippen LogP contribution >= 0.6 is 11.6 Å². The molecule has 0 amide bonds. The van der Waals surface area contributed by atoms with Gasteiger partial charge in [-0.05, 0) is 61.2 Å². The lowest BCUT2D eigenvalue weighted by Gasteiger charge is -2.30. The maximum Gasteiger partial charge on any atom is 0.236 e. The highest BCUT2D eigenvalue weighted by Crippen LogP contribution is 2.37.